The number of hydrogen-bond acceptors (Lipinski definition) is 12. The second kappa shape index (κ2) is 36.7. The van der Waals surface area contributed by atoms with Crippen molar-refractivity contribution in [3.8, 4) is 0 Å². The van der Waals surface area contributed by atoms with Crippen LogP contribution in [0.3, 0.4) is 0 Å². The monoisotopic (exact) mass is 1470 g/mol. The number of carbonyl (C=O) groups is 12. The Bertz CT molecular complexity index is 3350. The number of aryl methyl sites for hydroxylation is 1. The highest BCUT2D eigenvalue weighted by atomic mass is 127. The van der Waals surface area contributed by atoms with Gasteiger partial charge in [-0.05, 0) is 128 Å². The zero-order valence-corrected chi connectivity index (χ0v) is 62.2. The minimum absolute atomic E-state index is 0.0259. The molecule has 2 fully saturated rings. The van der Waals surface area contributed by atoms with Crippen LogP contribution in [0.15, 0.2) is 72.8 Å². The van der Waals surface area contributed by atoms with E-state index in [1.54, 1.807) is 48.2 Å². The van der Waals surface area contributed by atoms with E-state index in [1.807, 2.05) is 59.7 Å². The molecule has 2 saturated heterocycles. The van der Waals surface area contributed by atoms with Gasteiger partial charge in [0.05, 0.1) is 26.1 Å². The molecule has 3 aromatic rings. The molecule has 0 bridgehead atoms. The van der Waals surface area contributed by atoms with E-state index in [-0.39, 0.29) is 43.1 Å². The summed E-state index contributed by atoms with van der Waals surface area (Å²) in [5.41, 5.74) is 0.381. The molecular formula is C72H104FIN12O12. The number of nitrogens with zero attached hydrogens (tertiary/aromatic N) is 8. The Kier molecular flexibility index (Phi) is 30.2. The largest absolute Gasteiger partial charge is 0.342 e. The predicted octanol–water partition coefficient (Wildman–Crippen LogP) is 4.35. The van der Waals surface area contributed by atoms with Gasteiger partial charge in [-0.15, -0.1) is 0 Å². The molecule has 0 aliphatic carbocycles. The summed E-state index contributed by atoms with van der Waals surface area (Å²) in [6.07, 6.45) is 1.56. The fourth-order valence-corrected chi connectivity index (χ4v) is 12.5. The lowest BCUT2D eigenvalue weighted by Gasteiger charge is -2.39. The second-order valence-corrected chi connectivity index (χ2v) is 29.1. The summed E-state index contributed by atoms with van der Waals surface area (Å²) in [4.78, 5) is 187. The smallest absolute Gasteiger partial charge is 0.246 e. The highest BCUT2D eigenvalue weighted by Gasteiger charge is 2.44. The van der Waals surface area contributed by atoms with E-state index in [4.69, 9.17) is 0 Å². The molecule has 2 aliphatic rings. The summed E-state index contributed by atoms with van der Waals surface area (Å²) in [5, 5.41) is 11.2. The van der Waals surface area contributed by atoms with Crippen LogP contribution in [-0.4, -0.2) is 240 Å². The lowest BCUT2D eigenvalue weighted by atomic mass is 9.95. The summed E-state index contributed by atoms with van der Waals surface area (Å²) < 4.78 is 16.5. The van der Waals surface area contributed by atoms with Crippen molar-refractivity contribution >= 4 is 93.5 Å². The minimum atomic E-state index is -1.84. The van der Waals surface area contributed by atoms with Gasteiger partial charge in [0.15, 0.2) is 0 Å². The third-order valence-electron chi connectivity index (χ3n) is 18.8. The summed E-state index contributed by atoms with van der Waals surface area (Å²) in [5.74, 6) is -10.3. The molecule has 4 N–H and O–H groups in total. The van der Waals surface area contributed by atoms with Gasteiger partial charge in [0.25, 0.3) is 0 Å². The Morgan fingerprint density at radius 2 is 1.17 bits per heavy atom. The number of rotatable bonds is 13. The van der Waals surface area contributed by atoms with Crippen molar-refractivity contribution in [2.45, 2.75) is 174 Å². The predicted molar refractivity (Wildman–Crippen MR) is 378 cm³/mol. The molecule has 3 aromatic carbocycles. The van der Waals surface area contributed by atoms with Crippen LogP contribution in [0.2, 0.25) is 0 Å². The van der Waals surface area contributed by atoms with E-state index in [1.165, 1.54) is 91.2 Å². The van der Waals surface area contributed by atoms with Crippen molar-refractivity contribution in [1.82, 2.24) is 60.5 Å². The Hall–Kier alpha value is -8.04. The standard InChI is InChI=1S/C72H104FIN12O12/c1-17-47(7)63-70(97)81(12)42-61(89)79(10)43-62(90)83(14)57(38-48-30-28-46(6)29-31-48)68(95)80(11)41-59(87)75-53(37-49-24-23-26-51(74)36-49)64(91)76-55(39-50-25-19-20-27-52(50)73)67(94)85(16)72(8,9)71(98)77-54(34-44(2)3)66(93)84(15)58(69(96)86-32-21-18-22-33-86)40-60(88)82(13)56(35-45(4)5)65(92)78-63/h19-20,23-31,36,44-45,47,53-58,63H,17-18,21-22,32-35,37-43H2,1-16H3,(H,75,87)(H,76,91)(H,77,98)(H,78,92)/t47-,53-,54-,55-,56-,57-,58+,63-/m0/s1. The second-order valence-electron chi connectivity index (χ2n) is 27.8. The molecule has 5 rings (SSSR count). The number of nitrogens with one attached hydrogen (secondary N) is 4. The maximum Gasteiger partial charge on any atom is 0.246 e. The van der Waals surface area contributed by atoms with Gasteiger partial charge in [0.2, 0.25) is 70.9 Å². The third kappa shape index (κ3) is 22.2. The van der Waals surface area contributed by atoms with Gasteiger partial charge in [-0.1, -0.05) is 108 Å². The van der Waals surface area contributed by atoms with Crippen molar-refractivity contribution < 1.29 is 61.9 Å². The third-order valence-corrected chi connectivity index (χ3v) is 19.5. The van der Waals surface area contributed by atoms with Crippen LogP contribution < -0.4 is 21.3 Å². The molecule has 0 radical (unpaired) electrons. The van der Waals surface area contributed by atoms with Gasteiger partial charge in [-0.3, -0.25) is 57.5 Å². The first-order valence-corrected chi connectivity index (χ1v) is 34.9. The van der Waals surface area contributed by atoms with Gasteiger partial charge >= 0.3 is 0 Å². The van der Waals surface area contributed by atoms with Crippen LogP contribution in [0.25, 0.3) is 0 Å². The molecule has 0 saturated carbocycles. The number of likely N-dealkylation sites (N-methyl/N-ethyl adjacent to an activating group) is 7. The zero-order chi connectivity index (χ0) is 73.2. The molecule has 0 aromatic heterocycles. The van der Waals surface area contributed by atoms with Crippen LogP contribution >= 0.6 is 22.6 Å². The van der Waals surface area contributed by atoms with Crippen molar-refractivity contribution in [2.75, 3.05) is 82.1 Å². The molecule has 2 aliphatic heterocycles. The highest BCUT2D eigenvalue weighted by Crippen LogP contribution is 2.24. The van der Waals surface area contributed by atoms with E-state index in [9.17, 15) is 43.2 Å². The highest BCUT2D eigenvalue weighted by molar-refractivity contribution is 14.1. The molecule has 8 atom stereocenters. The maximum absolute atomic E-state index is 15.7. The summed E-state index contributed by atoms with van der Waals surface area (Å²) in [7, 11) is 9.62. The van der Waals surface area contributed by atoms with Crippen molar-refractivity contribution in [3.63, 3.8) is 0 Å². The average Bonchev–Trinajstić information content (AvgIpc) is 0.807. The van der Waals surface area contributed by atoms with Crippen LogP contribution in [-0.2, 0) is 76.8 Å². The van der Waals surface area contributed by atoms with Gasteiger partial charge in [-0.2, -0.15) is 0 Å². The molecule has 0 unspecified atom stereocenters. The molecule has 24 nitrogen and oxygen atoms in total. The number of benzene rings is 3. The van der Waals surface area contributed by atoms with E-state index in [0.29, 0.717) is 43.5 Å². The zero-order valence-electron chi connectivity index (χ0n) is 60.0. The molecule has 2 heterocycles. The lowest BCUT2D eigenvalue weighted by molar-refractivity contribution is -0.152. The van der Waals surface area contributed by atoms with Gasteiger partial charge in [0, 0.05) is 85.3 Å². The fraction of sp³-hybridized carbons (Fsp3) is 0.583. The summed E-state index contributed by atoms with van der Waals surface area (Å²) in [6, 6.07) is 10.5. The van der Waals surface area contributed by atoms with Gasteiger partial charge < -0.3 is 60.5 Å². The van der Waals surface area contributed by atoms with Crippen LogP contribution in [0.5, 0.6) is 0 Å². The first-order valence-electron chi connectivity index (χ1n) is 33.8. The normalized spacial score (nSPS) is 23.4. The Balaban J connectivity index is 1.65. The summed E-state index contributed by atoms with van der Waals surface area (Å²) >= 11 is 2.10. The average molecular weight is 1480 g/mol. The number of piperidine rings is 1. The number of likely N-dealkylation sites (tertiary alicyclic amines) is 1. The SMILES string of the molecule is CC[C@H](C)[C@@H]1NC(=O)[C@H](CC(C)C)N(C)C(=O)C[C@H](C(=O)N2CCCCC2)N(C)C(=O)[C@H](CC(C)C)NC(=O)C(C)(C)N(C)C(=O)[C@H](Cc2ccccc2F)NC(=O)[C@H](Cc2cccc(I)c2)NC(=O)CN(C)C(=O)[C@H](Cc2ccc(C)cc2)N(C)C(=O)CN(C)C(=O)CN(C)C1=O. The quantitative estimate of drug-likeness (QED) is 0.174. The van der Waals surface area contributed by atoms with E-state index in [0.717, 1.165) is 40.1 Å². The first kappa shape index (κ1) is 80.6. The topological polar surface area (TPSA) is 279 Å². The minimum Gasteiger partial charge on any atom is -0.342 e. The van der Waals surface area contributed by atoms with Gasteiger partial charge in [0.1, 0.15) is 53.6 Å². The number of amides is 12. The van der Waals surface area contributed by atoms with Crippen LogP contribution in [0.1, 0.15) is 123 Å². The van der Waals surface area contributed by atoms with E-state index < -0.39 is 163 Å². The van der Waals surface area contributed by atoms with Crippen molar-refractivity contribution in [2.24, 2.45) is 17.8 Å². The van der Waals surface area contributed by atoms with Crippen molar-refractivity contribution in [3.05, 3.63) is 104 Å². The van der Waals surface area contributed by atoms with Crippen molar-refractivity contribution in [1.29, 1.82) is 0 Å². The number of carbonyl (C=O) groups excluding carboxylic acids is 12. The molecule has 0 spiro atoms. The first-order chi connectivity index (χ1) is 46.0. The summed E-state index contributed by atoms with van der Waals surface area (Å²) in [6.45, 7) is 14.7. The molecule has 98 heavy (non-hydrogen) atoms. The molecule has 538 valence electrons. The molecule has 12 amide bonds. The Morgan fingerprint density at radius 1 is 0.571 bits per heavy atom. The lowest BCUT2D eigenvalue weighted by Crippen LogP contribution is -2.64. The Morgan fingerprint density at radius 3 is 1.78 bits per heavy atom. The van der Waals surface area contributed by atoms with Crippen LogP contribution in [0, 0.1) is 34.1 Å². The Labute approximate surface area is 591 Å². The number of halogens is 2. The van der Waals surface area contributed by atoms with E-state index in [2.05, 4.69) is 43.9 Å². The van der Waals surface area contributed by atoms with Gasteiger partial charge in [-0.25, -0.2) is 4.39 Å². The van der Waals surface area contributed by atoms with E-state index >= 15 is 18.8 Å². The molecule has 26 heteroatoms. The van der Waals surface area contributed by atoms with Crippen LogP contribution in [0.4, 0.5) is 4.39 Å². The fourth-order valence-electron chi connectivity index (χ4n) is 11.9. The maximum atomic E-state index is 15.7. The number of hydrogen-bond donors (Lipinski definition) is 4. The molecular weight excluding hydrogens is 1370 g/mol.